The van der Waals surface area contributed by atoms with Crippen molar-refractivity contribution < 1.29 is 14.4 Å². The number of carbonyl (C=O) groups excluding carboxylic acids is 3. The summed E-state index contributed by atoms with van der Waals surface area (Å²) in [5.41, 5.74) is 2.60. The highest BCUT2D eigenvalue weighted by Gasteiger charge is 2.34. The van der Waals surface area contributed by atoms with Crippen molar-refractivity contribution >= 4 is 23.4 Å². The molecule has 104 valence electrons. The van der Waals surface area contributed by atoms with Gasteiger partial charge in [0.2, 0.25) is 11.8 Å². The van der Waals surface area contributed by atoms with Crippen LogP contribution in [0.2, 0.25) is 0 Å². The molecule has 3 N–H and O–H groups in total. The molecule has 2 aliphatic heterocycles. The van der Waals surface area contributed by atoms with E-state index in [2.05, 4.69) is 21.2 Å². The standard InChI is InChI=1S/C11H17N5O3/c1-12-10(18)8-6-13-4-5-16(8)11(19)7-2-3-9(17)15-14-7/h8,13H,2-6H2,1H3,(H,12,18)(H,15,17). The van der Waals surface area contributed by atoms with Gasteiger partial charge < -0.3 is 15.5 Å². The van der Waals surface area contributed by atoms with E-state index in [1.165, 1.54) is 11.9 Å². The lowest BCUT2D eigenvalue weighted by Crippen LogP contribution is -2.60. The van der Waals surface area contributed by atoms with Crippen LogP contribution < -0.4 is 16.1 Å². The number of hydrazone groups is 1. The molecule has 0 radical (unpaired) electrons. The summed E-state index contributed by atoms with van der Waals surface area (Å²) in [5.74, 6) is -0.684. The lowest BCUT2D eigenvalue weighted by Gasteiger charge is -2.35. The van der Waals surface area contributed by atoms with Crippen LogP contribution in [-0.4, -0.2) is 61.1 Å². The minimum atomic E-state index is -0.536. The van der Waals surface area contributed by atoms with Gasteiger partial charge in [-0.3, -0.25) is 14.4 Å². The van der Waals surface area contributed by atoms with Gasteiger partial charge in [-0.15, -0.1) is 0 Å². The first-order chi connectivity index (χ1) is 9.13. The highest BCUT2D eigenvalue weighted by Crippen LogP contribution is 2.09. The van der Waals surface area contributed by atoms with E-state index < -0.39 is 6.04 Å². The molecule has 2 rings (SSSR count). The maximum absolute atomic E-state index is 12.3. The Morgan fingerprint density at radius 3 is 2.84 bits per heavy atom. The van der Waals surface area contributed by atoms with Crippen LogP contribution >= 0.6 is 0 Å². The molecule has 0 spiro atoms. The van der Waals surface area contributed by atoms with Gasteiger partial charge in [0.1, 0.15) is 11.8 Å². The van der Waals surface area contributed by atoms with Crippen molar-refractivity contribution in [2.45, 2.75) is 18.9 Å². The third kappa shape index (κ3) is 2.90. The van der Waals surface area contributed by atoms with Gasteiger partial charge in [-0.1, -0.05) is 0 Å². The van der Waals surface area contributed by atoms with Gasteiger partial charge in [-0.25, -0.2) is 5.43 Å². The Hall–Kier alpha value is -1.96. The van der Waals surface area contributed by atoms with E-state index in [-0.39, 0.29) is 24.1 Å². The molecule has 0 saturated carbocycles. The second-order valence-electron chi connectivity index (χ2n) is 4.43. The monoisotopic (exact) mass is 267 g/mol. The van der Waals surface area contributed by atoms with Crippen LogP contribution in [0.4, 0.5) is 0 Å². The van der Waals surface area contributed by atoms with Crippen LogP contribution in [0.3, 0.4) is 0 Å². The van der Waals surface area contributed by atoms with Gasteiger partial charge in [0, 0.05) is 39.5 Å². The molecular formula is C11H17N5O3. The second-order valence-corrected chi connectivity index (χ2v) is 4.43. The average molecular weight is 267 g/mol. The molecule has 0 bridgehead atoms. The maximum atomic E-state index is 12.3. The number of nitrogens with one attached hydrogen (secondary N) is 3. The summed E-state index contributed by atoms with van der Waals surface area (Å²) in [6, 6.07) is -0.536. The van der Waals surface area contributed by atoms with Crippen molar-refractivity contribution in [3.05, 3.63) is 0 Å². The maximum Gasteiger partial charge on any atom is 0.270 e. The number of hydrogen-bond acceptors (Lipinski definition) is 5. The van der Waals surface area contributed by atoms with E-state index in [1.807, 2.05) is 0 Å². The van der Waals surface area contributed by atoms with Crippen LogP contribution in [0.5, 0.6) is 0 Å². The summed E-state index contributed by atoms with van der Waals surface area (Å²) in [4.78, 5) is 36.6. The molecule has 3 amide bonds. The van der Waals surface area contributed by atoms with Crippen molar-refractivity contribution in [3.63, 3.8) is 0 Å². The molecule has 8 heteroatoms. The quantitative estimate of drug-likeness (QED) is 0.528. The number of amides is 3. The number of likely N-dealkylation sites (N-methyl/N-ethyl adjacent to an activating group) is 1. The van der Waals surface area contributed by atoms with Crippen molar-refractivity contribution in [1.29, 1.82) is 0 Å². The van der Waals surface area contributed by atoms with Gasteiger partial charge in [-0.2, -0.15) is 5.10 Å². The summed E-state index contributed by atoms with van der Waals surface area (Å²) in [6.07, 6.45) is 0.566. The molecule has 19 heavy (non-hydrogen) atoms. The van der Waals surface area contributed by atoms with Crippen molar-refractivity contribution in [3.8, 4) is 0 Å². The molecule has 1 saturated heterocycles. The predicted molar refractivity (Wildman–Crippen MR) is 67.2 cm³/mol. The molecule has 2 heterocycles. The minimum absolute atomic E-state index is 0.195. The fraction of sp³-hybridized carbons (Fsp3) is 0.636. The van der Waals surface area contributed by atoms with Crippen molar-refractivity contribution in [1.82, 2.24) is 21.0 Å². The SMILES string of the molecule is CNC(=O)C1CNCCN1C(=O)C1=NNC(=O)CC1. The largest absolute Gasteiger partial charge is 0.357 e. The number of hydrogen-bond donors (Lipinski definition) is 3. The number of rotatable bonds is 2. The summed E-state index contributed by atoms with van der Waals surface area (Å²) in [6.45, 7) is 1.51. The second kappa shape index (κ2) is 5.79. The normalized spacial score (nSPS) is 23.4. The Balaban J connectivity index is 2.11. The van der Waals surface area contributed by atoms with Crippen molar-refractivity contribution in [2.24, 2.45) is 5.10 Å². The van der Waals surface area contributed by atoms with Crippen LogP contribution in [0.15, 0.2) is 5.10 Å². The summed E-state index contributed by atoms with van der Waals surface area (Å²) < 4.78 is 0. The summed E-state index contributed by atoms with van der Waals surface area (Å²) in [7, 11) is 1.54. The number of nitrogens with zero attached hydrogens (tertiary/aromatic N) is 2. The van der Waals surface area contributed by atoms with Gasteiger partial charge in [-0.05, 0) is 0 Å². The number of carbonyl (C=O) groups is 3. The molecule has 0 aromatic carbocycles. The zero-order chi connectivity index (χ0) is 13.8. The Bertz CT molecular complexity index is 434. The van der Waals surface area contributed by atoms with E-state index in [9.17, 15) is 14.4 Å². The average Bonchev–Trinajstić information content (AvgIpc) is 2.46. The van der Waals surface area contributed by atoms with Crippen molar-refractivity contribution in [2.75, 3.05) is 26.7 Å². The molecule has 2 aliphatic rings. The smallest absolute Gasteiger partial charge is 0.270 e. The fourth-order valence-corrected chi connectivity index (χ4v) is 2.14. The van der Waals surface area contributed by atoms with Gasteiger partial charge >= 0.3 is 0 Å². The third-order valence-corrected chi connectivity index (χ3v) is 3.20. The molecule has 1 atom stereocenters. The Labute approximate surface area is 110 Å². The van der Waals surface area contributed by atoms with Crippen LogP contribution in [0.1, 0.15) is 12.8 Å². The highest BCUT2D eigenvalue weighted by atomic mass is 16.2. The Morgan fingerprint density at radius 1 is 1.42 bits per heavy atom. The third-order valence-electron chi connectivity index (χ3n) is 3.20. The molecule has 0 aromatic rings. The lowest BCUT2D eigenvalue weighted by molar-refractivity contribution is -0.136. The Kier molecular flexibility index (Phi) is 4.10. The van der Waals surface area contributed by atoms with Crippen LogP contribution in [-0.2, 0) is 14.4 Å². The fourth-order valence-electron chi connectivity index (χ4n) is 2.14. The summed E-state index contributed by atoms with van der Waals surface area (Å²) >= 11 is 0. The van der Waals surface area contributed by atoms with E-state index >= 15 is 0 Å². The first kappa shape index (κ1) is 13.5. The van der Waals surface area contributed by atoms with E-state index in [4.69, 9.17) is 0 Å². The molecule has 1 fully saturated rings. The molecule has 0 aliphatic carbocycles. The van der Waals surface area contributed by atoms with Gasteiger partial charge in [0.25, 0.3) is 5.91 Å². The molecular weight excluding hydrogens is 250 g/mol. The molecule has 0 aromatic heterocycles. The zero-order valence-corrected chi connectivity index (χ0v) is 10.7. The topological polar surface area (TPSA) is 103 Å². The van der Waals surface area contributed by atoms with Crippen LogP contribution in [0.25, 0.3) is 0 Å². The first-order valence-electron chi connectivity index (χ1n) is 6.22. The Morgan fingerprint density at radius 2 is 2.21 bits per heavy atom. The summed E-state index contributed by atoms with van der Waals surface area (Å²) in [5, 5.41) is 9.41. The highest BCUT2D eigenvalue weighted by molar-refractivity contribution is 6.39. The molecule has 8 nitrogen and oxygen atoms in total. The van der Waals surface area contributed by atoms with E-state index in [1.54, 1.807) is 0 Å². The predicted octanol–water partition coefficient (Wildman–Crippen LogP) is -2.20. The zero-order valence-electron chi connectivity index (χ0n) is 10.7. The van der Waals surface area contributed by atoms with Crippen LogP contribution in [0, 0.1) is 0 Å². The van der Waals surface area contributed by atoms with Gasteiger partial charge in [0.15, 0.2) is 0 Å². The minimum Gasteiger partial charge on any atom is -0.357 e. The number of piperazine rings is 1. The molecule has 1 unspecified atom stereocenters. The van der Waals surface area contributed by atoms with E-state index in [0.29, 0.717) is 31.8 Å². The lowest BCUT2D eigenvalue weighted by atomic mass is 10.1. The van der Waals surface area contributed by atoms with Gasteiger partial charge in [0.05, 0.1) is 0 Å². The first-order valence-corrected chi connectivity index (χ1v) is 6.22. The van der Waals surface area contributed by atoms with E-state index in [0.717, 1.165) is 0 Å².